The zero-order chi connectivity index (χ0) is 12.4. The molecule has 1 aromatic carbocycles. The summed E-state index contributed by atoms with van der Waals surface area (Å²) >= 11 is 0. The van der Waals surface area contributed by atoms with Gasteiger partial charge in [0.25, 0.3) is 0 Å². The lowest BCUT2D eigenvalue weighted by atomic mass is 9.77. The maximum Gasteiger partial charge on any atom is 0.200 e. The second-order valence-electron chi connectivity index (χ2n) is 4.49. The van der Waals surface area contributed by atoms with Crippen molar-refractivity contribution in [2.45, 2.75) is 25.3 Å². The summed E-state index contributed by atoms with van der Waals surface area (Å²) in [5.74, 6) is 1.39. The first-order valence-corrected chi connectivity index (χ1v) is 5.87. The molecule has 0 heterocycles. The van der Waals surface area contributed by atoms with E-state index in [0.717, 1.165) is 5.56 Å². The minimum absolute atomic E-state index is 0. The van der Waals surface area contributed by atoms with Gasteiger partial charge in [0.2, 0.25) is 5.75 Å². The number of hydrogen-bond acceptors (Lipinski definition) is 4. The zero-order valence-corrected chi connectivity index (χ0v) is 11.5. The summed E-state index contributed by atoms with van der Waals surface area (Å²) in [5.41, 5.74) is 7.16. The predicted molar refractivity (Wildman–Crippen MR) is 72.7 cm³/mol. The van der Waals surface area contributed by atoms with Gasteiger partial charge in [0, 0.05) is 6.04 Å². The highest BCUT2D eigenvalue weighted by atomic mass is 35.5. The van der Waals surface area contributed by atoms with E-state index in [2.05, 4.69) is 0 Å². The van der Waals surface area contributed by atoms with E-state index in [9.17, 15) is 5.11 Å². The maximum absolute atomic E-state index is 9.81. The van der Waals surface area contributed by atoms with Gasteiger partial charge in [-0.3, -0.25) is 0 Å². The number of ether oxygens (including phenoxy) is 2. The Labute approximate surface area is 113 Å². The highest BCUT2D eigenvalue weighted by molar-refractivity contribution is 5.85. The van der Waals surface area contributed by atoms with Gasteiger partial charge in [0.05, 0.1) is 14.2 Å². The fraction of sp³-hybridized carbons (Fsp3) is 0.538. The molecule has 0 bridgehead atoms. The van der Waals surface area contributed by atoms with Crippen LogP contribution in [0.15, 0.2) is 12.1 Å². The summed E-state index contributed by atoms with van der Waals surface area (Å²) in [5, 5.41) is 9.81. The minimum Gasteiger partial charge on any atom is -0.502 e. The molecule has 0 radical (unpaired) electrons. The molecule has 0 amide bonds. The van der Waals surface area contributed by atoms with Gasteiger partial charge in [-0.1, -0.05) is 6.42 Å². The molecule has 1 aliphatic carbocycles. The molecule has 1 fully saturated rings. The number of nitrogens with two attached hydrogens (primary N) is 1. The van der Waals surface area contributed by atoms with Gasteiger partial charge < -0.3 is 20.3 Å². The lowest BCUT2D eigenvalue weighted by Gasteiger charge is -2.31. The molecule has 3 N–H and O–H groups in total. The van der Waals surface area contributed by atoms with Crippen LogP contribution in [-0.2, 0) is 0 Å². The third-order valence-corrected chi connectivity index (χ3v) is 3.54. The average Bonchev–Trinajstić information content (AvgIpc) is 2.27. The number of halogens is 1. The van der Waals surface area contributed by atoms with Crippen molar-refractivity contribution >= 4 is 12.4 Å². The second-order valence-corrected chi connectivity index (χ2v) is 4.49. The Morgan fingerprint density at radius 1 is 1.22 bits per heavy atom. The third-order valence-electron chi connectivity index (χ3n) is 3.54. The molecule has 0 spiro atoms. The largest absolute Gasteiger partial charge is 0.502 e. The van der Waals surface area contributed by atoms with E-state index in [1.54, 1.807) is 12.1 Å². The summed E-state index contributed by atoms with van der Waals surface area (Å²) in [7, 11) is 3.04. The number of aromatic hydroxyl groups is 1. The second kappa shape index (κ2) is 6.16. The summed E-state index contributed by atoms with van der Waals surface area (Å²) in [6, 6.07) is 3.58. The SMILES string of the molecule is COc1cc([C@H](N)C2CCC2)cc(OC)c1O.Cl. The van der Waals surface area contributed by atoms with Crippen LogP contribution in [0.25, 0.3) is 0 Å². The topological polar surface area (TPSA) is 64.7 Å². The first kappa shape index (κ1) is 14.9. The third kappa shape index (κ3) is 2.65. The fourth-order valence-corrected chi connectivity index (χ4v) is 2.18. The van der Waals surface area contributed by atoms with Crippen LogP contribution in [0.2, 0.25) is 0 Å². The fourth-order valence-electron chi connectivity index (χ4n) is 2.18. The van der Waals surface area contributed by atoms with E-state index >= 15 is 0 Å². The number of methoxy groups -OCH3 is 2. The minimum atomic E-state index is -0.00727. The molecule has 1 atom stereocenters. The first-order chi connectivity index (χ1) is 8.17. The van der Waals surface area contributed by atoms with Gasteiger partial charge in [0.1, 0.15) is 0 Å². The van der Waals surface area contributed by atoms with Crippen LogP contribution in [0.4, 0.5) is 0 Å². The molecule has 1 aromatic rings. The quantitative estimate of drug-likeness (QED) is 0.885. The van der Waals surface area contributed by atoms with Crippen LogP contribution in [0.5, 0.6) is 17.2 Å². The van der Waals surface area contributed by atoms with E-state index in [-0.39, 0.29) is 24.2 Å². The van der Waals surface area contributed by atoms with Crippen molar-refractivity contribution < 1.29 is 14.6 Å². The van der Waals surface area contributed by atoms with Gasteiger partial charge >= 0.3 is 0 Å². The smallest absolute Gasteiger partial charge is 0.200 e. The predicted octanol–water partition coefficient (Wildman–Crippen LogP) is 2.63. The lowest BCUT2D eigenvalue weighted by Crippen LogP contribution is -2.26. The van der Waals surface area contributed by atoms with Crippen LogP contribution in [-0.4, -0.2) is 19.3 Å². The van der Waals surface area contributed by atoms with Gasteiger partial charge in [-0.05, 0) is 36.5 Å². The monoisotopic (exact) mass is 273 g/mol. The van der Waals surface area contributed by atoms with Crippen molar-refractivity contribution in [3.63, 3.8) is 0 Å². The zero-order valence-electron chi connectivity index (χ0n) is 10.7. The molecule has 4 nitrogen and oxygen atoms in total. The molecule has 2 rings (SSSR count). The van der Waals surface area contributed by atoms with Crippen LogP contribution < -0.4 is 15.2 Å². The summed E-state index contributed by atoms with van der Waals surface area (Å²) in [6.07, 6.45) is 3.60. The van der Waals surface area contributed by atoms with Crippen molar-refractivity contribution in [3.8, 4) is 17.2 Å². The molecule has 102 valence electrons. The molecule has 0 aliphatic heterocycles. The average molecular weight is 274 g/mol. The van der Waals surface area contributed by atoms with Gasteiger partial charge in [-0.15, -0.1) is 12.4 Å². The number of hydrogen-bond donors (Lipinski definition) is 2. The van der Waals surface area contributed by atoms with Crippen LogP contribution in [0.1, 0.15) is 30.9 Å². The van der Waals surface area contributed by atoms with Crippen molar-refractivity contribution in [2.75, 3.05) is 14.2 Å². The lowest BCUT2D eigenvalue weighted by molar-refractivity contribution is 0.262. The van der Waals surface area contributed by atoms with Crippen molar-refractivity contribution in [1.82, 2.24) is 0 Å². The normalized spacial score (nSPS) is 16.4. The van der Waals surface area contributed by atoms with Crippen molar-refractivity contribution in [3.05, 3.63) is 17.7 Å². The van der Waals surface area contributed by atoms with E-state index < -0.39 is 0 Å². The summed E-state index contributed by atoms with van der Waals surface area (Å²) in [6.45, 7) is 0. The van der Waals surface area contributed by atoms with E-state index in [1.807, 2.05) is 0 Å². The number of phenols is 1. The van der Waals surface area contributed by atoms with Crippen LogP contribution in [0.3, 0.4) is 0 Å². The highest BCUT2D eigenvalue weighted by Gasteiger charge is 2.27. The summed E-state index contributed by atoms with van der Waals surface area (Å²) < 4.78 is 10.2. The van der Waals surface area contributed by atoms with E-state index in [1.165, 1.54) is 33.5 Å². The van der Waals surface area contributed by atoms with Crippen LogP contribution >= 0.6 is 12.4 Å². The van der Waals surface area contributed by atoms with E-state index in [4.69, 9.17) is 15.2 Å². The maximum atomic E-state index is 9.81. The van der Waals surface area contributed by atoms with Gasteiger partial charge in [0.15, 0.2) is 11.5 Å². The Bertz CT molecular complexity index is 382. The Morgan fingerprint density at radius 2 is 1.72 bits per heavy atom. The first-order valence-electron chi connectivity index (χ1n) is 5.87. The number of rotatable bonds is 4. The molecule has 0 aromatic heterocycles. The van der Waals surface area contributed by atoms with E-state index in [0.29, 0.717) is 17.4 Å². The van der Waals surface area contributed by atoms with Gasteiger partial charge in [-0.2, -0.15) is 0 Å². The Kier molecular flexibility index (Phi) is 5.11. The number of benzene rings is 1. The molecule has 18 heavy (non-hydrogen) atoms. The van der Waals surface area contributed by atoms with Crippen LogP contribution in [0, 0.1) is 5.92 Å². The molecule has 0 saturated heterocycles. The van der Waals surface area contributed by atoms with Gasteiger partial charge in [-0.25, -0.2) is 0 Å². The highest BCUT2D eigenvalue weighted by Crippen LogP contribution is 2.42. The van der Waals surface area contributed by atoms with Crippen molar-refractivity contribution in [1.29, 1.82) is 0 Å². The molecule has 1 aliphatic rings. The Balaban J connectivity index is 0.00000162. The standard InChI is InChI=1S/C13H19NO3.ClH/c1-16-10-6-9(7-11(17-2)13(10)15)12(14)8-4-3-5-8;/h6-8,12,15H,3-5,14H2,1-2H3;1H/t12-;/m1./s1. The molecule has 0 unspecified atom stereocenters. The molecule has 5 heteroatoms. The Hall–Kier alpha value is -1.13. The molecular formula is C13H20ClNO3. The van der Waals surface area contributed by atoms with Crippen molar-refractivity contribution in [2.24, 2.45) is 11.7 Å². The molecule has 1 saturated carbocycles. The number of phenolic OH excluding ortho intramolecular Hbond substituents is 1. The molecular weight excluding hydrogens is 254 g/mol. The Morgan fingerprint density at radius 3 is 2.06 bits per heavy atom. The summed E-state index contributed by atoms with van der Waals surface area (Å²) in [4.78, 5) is 0.